The molecule has 0 aliphatic rings. The highest BCUT2D eigenvalue weighted by molar-refractivity contribution is 9.10. The molecule has 0 fully saturated rings. The van der Waals surface area contributed by atoms with Gasteiger partial charge in [0, 0.05) is 15.9 Å². The van der Waals surface area contributed by atoms with Crippen molar-refractivity contribution < 1.29 is 4.39 Å². The van der Waals surface area contributed by atoms with Crippen molar-refractivity contribution in [2.75, 3.05) is 5.88 Å². The van der Waals surface area contributed by atoms with Crippen LogP contribution in [0, 0.1) is 5.82 Å². The minimum Gasteiger partial charge on any atom is -0.206 e. The minimum absolute atomic E-state index is 0.226. The van der Waals surface area contributed by atoms with Gasteiger partial charge in [0.1, 0.15) is 5.82 Å². The van der Waals surface area contributed by atoms with Crippen molar-refractivity contribution in [3.8, 4) is 0 Å². The third kappa shape index (κ3) is 2.82. The van der Waals surface area contributed by atoms with Crippen molar-refractivity contribution in [3.63, 3.8) is 0 Å². The molecule has 0 aromatic heterocycles. The predicted octanol–water partition coefficient (Wildman–Crippen LogP) is 4.62. The summed E-state index contributed by atoms with van der Waals surface area (Å²) in [6.45, 7) is 2.00. The van der Waals surface area contributed by atoms with Crippen LogP contribution in [-0.4, -0.2) is 5.88 Å². The highest BCUT2D eigenvalue weighted by Gasteiger charge is 2.04. The fourth-order valence-electron chi connectivity index (χ4n) is 1.09. The molecule has 76 valence electrons. The molecular formula is C11H11BrClF. The summed E-state index contributed by atoms with van der Waals surface area (Å²) in [6, 6.07) is 4.93. The van der Waals surface area contributed by atoms with Crippen LogP contribution in [0.15, 0.2) is 28.2 Å². The first-order valence-corrected chi connectivity index (χ1v) is 5.71. The van der Waals surface area contributed by atoms with Crippen molar-refractivity contribution >= 4 is 33.6 Å². The minimum atomic E-state index is -0.226. The first-order valence-electron chi connectivity index (χ1n) is 4.38. The van der Waals surface area contributed by atoms with E-state index in [1.165, 1.54) is 6.07 Å². The van der Waals surface area contributed by atoms with E-state index in [1.807, 2.05) is 13.0 Å². The van der Waals surface area contributed by atoms with Crippen LogP contribution in [0.5, 0.6) is 0 Å². The molecule has 0 atom stereocenters. The average Bonchev–Trinajstić information content (AvgIpc) is 2.18. The molecular weight excluding hydrogens is 266 g/mol. The van der Waals surface area contributed by atoms with Crippen LogP contribution in [0.4, 0.5) is 4.39 Å². The quantitative estimate of drug-likeness (QED) is 0.707. The van der Waals surface area contributed by atoms with E-state index in [1.54, 1.807) is 12.1 Å². The van der Waals surface area contributed by atoms with E-state index in [0.29, 0.717) is 11.4 Å². The van der Waals surface area contributed by atoms with E-state index in [4.69, 9.17) is 11.6 Å². The summed E-state index contributed by atoms with van der Waals surface area (Å²) in [5.74, 6) is 0.215. The molecule has 0 amide bonds. The lowest BCUT2D eigenvalue weighted by Crippen LogP contribution is -1.87. The van der Waals surface area contributed by atoms with Crippen LogP contribution in [0.3, 0.4) is 0 Å². The van der Waals surface area contributed by atoms with Crippen LogP contribution < -0.4 is 0 Å². The van der Waals surface area contributed by atoms with Gasteiger partial charge in [0.05, 0.1) is 0 Å². The summed E-state index contributed by atoms with van der Waals surface area (Å²) in [6.07, 6.45) is 2.64. The van der Waals surface area contributed by atoms with Crippen LogP contribution in [0.2, 0.25) is 0 Å². The molecule has 0 aliphatic heterocycles. The lowest BCUT2D eigenvalue weighted by Gasteiger charge is -2.03. The van der Waals surface area contributed by atoms with Crippen LogP contribution in [0.1, 0.15) is 18.9 Å². The summed E-state index contributed by atoms with van der Waals surface area (Å²) < 4.78 is 14.1. The summed E-state index contributed by atoms with van der Waals surface area (Å²) in [7, 11) is 0. The monoisotopic (exact) mass is 276 g/mol. The smallest absolute Gasteiger partial charge is 0.131 e. The number of hydrogen-bond donors (Lipinski definition) is 0. The van der Waals surface area contributed by atoms with Gasteiger partial charge >= 0.3 is 0 Å². The molecule has 0 saturated heterocycles. The highest BCUT2D eigenvalue weighted by atomic mass is 79.9. The Balaban J connectivity index is 3.12. The zero-order valence-electron chi connectivity index (χ0n) is 7.86. The van der Waals surface area contributed by atoms with E-state index in [2.05, 4.69) is 15.9 Å². The van der Waals surface area contributed by atoms with Gasteiger partial charge in [-0.1, -0.05) is 40.6 Å². The first-order chi connectivity index (χ1) is 6.69. The zero-order chi connectivity index (χ0) is 10.6. The van der Waals surface area contributed by atoms with Crippen molar-refractivity contribution in [1.29, 1.82) is 0 Å². The van der Waals surface area contributed by atoms with Gasteiger partial charge in [-0.15, -0.1) is 11.6 Å². The Hall–Kier alpha value is -0.340. The molecule has 0 aliphatic carbocycles. The lowest BCUT2D eigenvalue weighted by molar-refractivity contribution is 0.624. The van der Waals surface area contributed by atoms with Gasteiger partial charge in [-0.25, -0.2) is 4.39 Å². The maximum Gasteiger partial charge on any atom is 0.131 e. The maximum atomic E-state index is 13.4. The number of rotatable bonds is 3. The zero-order valence-corrected chi connectivity index (χ0v) is 10.2. The van der Waals surface area contributed by atoms with Crippen LogP contribution >= 0.6 is 27.5 Å². The molecule has 0 saturated carbocycles. The molecule has 0 N–H and O–H groups in total. The number of alkyl halides is 1. The van der Waals surface area contributed by atoms with Crippen LogP contribution in [-0.2, 0) is 0 Å². The van der Waals surface area contributed by atoms with Gasteiger partial charge < -0.3 is 0 Å². The third-order valence-corrected chi connectivity index (χ3v) is 3.01. The van der Waals surface area contributed by atoms with Crippen molar-refractivity contribution in [1.82, 2.24) is 0 Å². The van der Waals surface area contributed by atoms with Gasteiger partial charge in [0.15, 0.2) is 0 Å². The van der Waals surface area contributed by atoms with E-state index in [9.17, 15) is 4.39 Å². The Kier molecular flexibility index (Phi) is 4.63. The second-order valence-corrected chi connectivity index (χ2v) is 4.05. The number of allylic oxidation sites excluding steroid dienone is 1. The largest absolute Gasteiger partial charge is 0.206 e. The van der Waals surface area contributed by atoms with Gasteiger partial charge in [-0.3, -0.25) is 0 Å². The van der Waals surface area contributed by atoms with E-state index in [-0.39, 0.29) is 5.82 Å². The maximum absolute atomic E-state index is 13.4. The molecule has 14 heavy (non-hydrogen) atoms. The first kappa shape index (κ1) is 11.7. The summed E-state index contributed by atoms with van der Waals surface area (Å²) in [5, 5.41) is 0. The predicted molar refractivity (Wildman–Crippen MR) is 63.1 cm³/mol. The van der Waals surface area contributed by atoms with E-state index < -0.39 is 0 Å². The Bertz CT molecular complexity index is 321. The fraction of sp³-hybridized carbons (Fsp3) is 0.273. The lowest BCUT2D eigenvalue weighted by atomic mass is 10.1. The molecule has 0 unspecified atom stereocenters. The molecule has 0 heterocycles. The summed E-state index contributed by atoms with van der Waals surface area (Å²) in [4.78, 5) is 0. The Labute approximate surface area is 96.9 Å². The SMILES string of the molecule is CC/C(=C/c1c(F)cccc1Br)CCl. The molecule has 1 rings (SSSR count). The summed E-state index contributed by atoms with van der Waals surface area (Å²) >= 11 is 9.02. The molecule has 0 bridgehead atoms. The van der Waals surface area contributed by atoms with E-state index >= 15 is 0 Å². The second kappa shape index (κ2) is 5.52. The Morgan fingerprint density at radius 3 is 2.79 bits per heavy atom. The standard InChI is InChI=1S/C11H11BrClF/c1-2-8(7-13)6-9-10(12)4-3-5-11(9)14/h3-6H,2,7H2,1H3/b8-6-. The number of hydrogen-bond acceptors (Lipinski definition) is 0. The molecule has 0 nitrogen and oxygen atoms in total. The average molecular weight is 278 g/mol. The van der Waals surface area contributed by atoms with Crippen molar-refractivity contribution in [2.24, 2.45) is 0 Å². The topological polar surface area (TPSA) is 0 Å². The molecule has 1 aromatic rings. The van der Waals surface area contributed by atoms with E-state index in [0.717, 1.165) is 16.5 Å². The van der Waals surface area contributed by atoms with Gasteiger partial charge in [0.25, 0.3) is 0 Å². The van der Waals surface area contributed by atoms with Crippen molar-refractivity contribution in [3.05, 3.63) is 39.6 Å². The van der Waals surface area contributed by atoms with Gasteiger partial charge in [-0.05, 0) is 18.6 Å². The van der Waals surface area contributed by atoms with Crippen LogP contribution in [0.25, 0.3) is 6.08 Å². The Morgan fingerprint density at radius 2 is 2.29 bits per heavy atom. The highest BCUT2D eigenvalue weighted by Crippen LogP contribution is 2.23. The third-order valence-electron chi connectivity index (χ3n) is 1.97. The van der Waals surface area contributed by atoms with Gasteiger partial charge in [0.2, 0.25) is 0 Å². The van der Waals surface area contributed by atoms with Crippen molar-refractivity contribution in [2.45, 2.75) is 13.3 Å². The number of benzene rings is 1. The molecule has 1 aromatic carbocycles. The molecule has 0 radical (unpaired) electrons. The second-order valence-electron chi connectivity index (χ2n) is 2.93. The fourth-order valence-corrected chi connectivity index (χ4v) is 1.81. The Morgan fingerprint density at radius 1 is 1.57 bits per heavy atom. The van der Waals surface area contributed by atoms with Gasteiger partial charge in [-0.2, -0.15) is 0 Å². The molecule has 0 spiro atoms. The normalized spacial score (nSPS) is 11.9. The molecule has 3 heteroatoms. The number of halogens is 3. The summed E-state index contributed by atoms with van der Waals surface area (Å²) in [5.41, 5.74) is 1.60.